The molecule has 1 aromatic rings. The minimum Gasteiger partial charge on any atom is -0.365 e. The predicted molar refractivity (Wildman–Crippen MR) is 74.4 cm³/mol. The van der Waals surface area contributed by atoms with Crippen LogP contribution in [-0.2, 0) is 25.3 Å². The van der Waals surface area contributed by atoms with Gasteiger partial charge >= 0.3 is 0 Å². The summed E-state index contributed by atoms with van der Waals surface area (Å²) in [5.74, 6) is -0.762. The fourth-order valence-electron chi connectivity index (χ4n) is 1.95. The van der Waals surface area contributed by atoms with E-state index in [2.05, 4.69) is 4.72 Å². The molecular weight excluding hydrogens is 299 g/mol. The third kappa shape index (κ3) is 4.76. The molecule has 0 saturated carbocycles. The van der Waals surface area contributed by atoms with Gasteiger partial charge in [0.2, 0.25) is 15.9 Å². The third-order valence-corrected chi connectivity index (χ3v) is 4.47. The Labute approximate surface area is 122 Å². The fourth-order valence-corrected chi connectivity index (χ4v) is 3.13. The molecule has 1 aromatic carbocycles. The predicted octanol–water partition coefficient (Wildman–Crippen LogP) is 0.102. The zero-order valence-electron chi connectivity index (χ0n) is 11.6. The van der Waals surface area contributed by atoms with E-state index in [9.17, 15) is 17.6 Å². The van der Waals surface area contributed by atoms with Crippen molar-refractivity contribution in [2.45, 2.75) is 11.9 Å². The summed E-state index contributed by atoms with van der Waals surface area (Å²) in [5, 5.41) is 0. The molecule has 0 spiro atoms. The van der Waals surface area contributed by atoms with E-state index < -0.39 is 15.8 Å². The van der Waals surface area contributed by atoms with Crippen LogP contribution in [0.3, 0.4) is 0 Å². The van der Waals surface area contributed by atoms with E-state index in [0.29, 0.717) is 12.1 Å². The van der Waals surface area contributed by atoms with E-state index in [1.807, 2.05) is 0 Å². The van der Waals surface area contributed by atoms with Gasteiger partial charge in [-0.2, -0.15) is 0 Å². The van der Waals surface area contributed by atoms with E-state index in [1.54, 1.807) is 7.05 Å². The molecular formula is C13H17FN2O4S. The number of rotatable bonds is 5. The number of sulfonamides is 1. The molecule has 1 fully saturated rings. The normalized spacial score (nSPS) is 19.8. The first-order valence-electron chi connectivity index (χ1n) is 6.43. The fraction of sp³-hybridized carbons (Fsp3) is 0.462. The SMILES string of the molecule is CN1CC(CNS(=O)(=O)Cc2ccc(F)cc2)OCC1=O. The van der Waals surface area contributed by atoms with Gasteiger partial charge in [0, 0.05) is 20.1 Å². The molecule has 2 rings (SSSR count). The van der Waals surface area contributed by atoms with Gasteiger partial charge in [0.05, 0.1) is 11.9 Å². The highest BCUT2D eigenvalue weighted by Gasteiger charge is 2.24. The minimum absolute atomic E-state index is 0.0408. The van der Waals surface area contributed by atoms with E-state index in [1.165, 1.54) is 29.2 Å². The summed E-state index contributed by atoms with van der Waals surface area (Å²) in [4.78, 5) is 12.7. The molecule has 6 nitrogen and oxygen atoms in total. The van der Waals surface area contributed by atoms with Crippen LogP contribution in [-0.4, -0.2) is 52.1 Å². The average Bonchev–Trinajstić information content (AvgIpc) is 2.43. The number of ether oxygens (including phenoxy) is 1. The maximum absolute atomic E-state index is 12.8. The second-order valence-corrected chi connectivity index (χ2v) is 6.75. The number of likely N-dealkylation sites (N-methyl/N-ethyl adjacent to an activating group) is 1. The van der Waals surface area contributed by atoms with Crippen molar-refractivity contribution in [3.05, 3.63) is 35.6 Å². The number of carbonyl (C=O) groups is 1. The summed E-state index contributed by atoms with van der Waals surface area (Å²) in [6.07, 6.45) is -0.365. The zero-order chi connectivity index (χ0) is 15.5. The highest BCUT2D eigenvalue weighted by molar-refractivity contribution is 7.88. The van der Waals surface area contributed by atoms with Gasteiger partial charge in [-0.25, -0.2) is 17.5 Å². The number of halogens is 1. The number of carbonyl (C=O) groups excluding carboxylic acids is 1. The van der Waals surface area contributed by atoms with Crippen LogP contribution >= 0.6 is 0 Å². The smallest absolute Gasteiger partial charge is 0.248 e. The van der Waals surface area contributed by atoms with Crippen molar-refractivity contribution in [3.8, 4) is 0 Å². The van der Waals surface area contributed by atoms with Crippen molar-refractivity contribution in [1.29, 1.82) is 0 Å². The van der Waals surface area contributed by atoms with Crippen LogP contribution in [0.1, 0.15) is 5.56 Å². The average molecular weight is 316 g/mol. The Balaban J connectivity index is 1.86. The summed E-state index contributed by atoms with van der Waals surface area (Å²) in [6.45, 7) is 0.403. The molecule has 0 bridgehead atoms. The van der Waals surface area contributed by atoms with Crippen LogP contribution in [0.5, 0.6) is 0 Å². The van der Waals surface area contributed by atoms with E-state index in [4.69, 9.17) is 4.74 Å². The first kappa shape index (κ1) is 15.9. The molecule has 1 heterocycles. The van der Waals surface area contributed by atoms with E-state index >= 15 is 0 Å². The van der Waals surface area contributed by atoms with Gasteiger partial charge in [0.25, 0.3) is 0 Å². The lowest BCUT2D eigenvalue weighted by Crippen LogP contribution is -2.48. The Morgan fingerprint density at radius 3 is 2.67 bits per heavy atom. The van der Waals surface area contributed by atoms with Gasteiger partial charge in [-0.05, 0) is 17.7 Å². The van der Waals surface area contributed by atoms with Gasteiger partial charge in [-0.15, -0.1) is 0 Å². The molecule has 1 unspecified atom stereocenters. The summed E-state index contributed by atoms with van der Waals surface area (Å²) in [7, 11) is -1.89. The molecule has 1 aliphatic rings. The molecule has 116 valence electrons. The lowest BCUT2D eigenvalue weighted by atomic mass is 10.2. The summed E-state index contributed by atoms with van der Waals surface area (Å²) in [5.41, 5.74) is 0.501. The number of morpholine rings is 1. The maximum atomic E-state index is 12.8. The molecule has 0 aliphatic carbocycles. The number of hydrogen-bond donors (Lipinski definition) is 1. The zero-order valence-corrected chi connectivity index (χ0v) is 12.4. The van der Waals surface area contributed by atoms with Crippen molar-refractivity contribution in [3.63, 3.8) is 0 Å². The lowest BCUT2D eigenvalue weighted by Gasteiger charge is -2.29. The van der Waals surface area contributed by atoms with Crippen molar-refractivity contribution in [2.75, 3.05) is 26.7 Å². The van der Waals surface area contributed by atoms with Crippen LogP contribution in [0, 0.1) is 5.82 Å². The number of benzene rings is 1. The Morgan fingerprint density at radius 1 is 1.38 bits per heavy atom. The van der Waals surface area contributed by atoms with Crippen molar-refractivity contribution < 1.29 is 22.3 Å². The second kappa shape index (κ2) is 6.50. The van der Waals surface area contributed by atoms with E-state index in [-0.39, 0.29) is 30.9 Å². The van der Waals surface area contributed by atoms with Crippen LogP contribution in [0.4, 0.5) is 4.39 Å². The lowest BCUT2D eigenvalue weighted by molar-refractivity contribution is -0.146. The summed E-state index contributed by atoms with van der Waals surface area (Å²) in [6, 6.07) is 5.29. The maximum Gasteiger partial charge on any atom is 0.248 e. The van der Waals surface area contributed by atoms with Crippen molar-refractivity contribution in [1.82, 2.24) is 9.62 Å². The first-order valence-corrected chi connectivity index (χ1v) is 8.08. The van der Waals surface area contributed by atoms with Crippen LogP contribution in [0.15, 0.2) is 24.3 Å². The first-order chi connectivity index (χ1) is 9.85. The quantitative estimate of drug-likeness (QED) is 0.836. The minimum atomic E-state index is -3.53. The number of nitrogens with one attached hydrogen (secondary N) is 1. The Kier molecular flexibility index (Phi) is 4.92. The number of nitrogens with zero attached hydrogens (tertiary/aromatic N) is 1. The molecule has 0 radical (unpaired) electrons. The Bertz CT molecular complexity index is 603. The third-order valence-electron chi connectivity index (χ3n) is 3.15. The number of hydrogen-bond acceptors (Lipinski definition) is 4. The molecule has 21 heavy (non-hydrogen) atoms. The molecule has 0 aromatic heterocycles. The van der Waals surface area contributed by atoms with Crippen molar-refractivity contribution in [2.24, 2.45) is 0 Å². The molecule has 1 amide bonds. The van der Waals surface area contributed by atoms with Crippen LogP contribution in [0.25, 0.3) is 0 Å². The summed E-state index contributed by atoms with van der Waals surface area (Å²) >= 11 is 0. The molecule has 1 atom stereocenters. The second-order valence-electron chi connectivity index (χ2n) is 4.94. The van der Waals surface area contributed by atoms with Gasteiger partial charge in [0.15, 0.2) is 0 Å². The van der Waals surface area contributed by atoms with Gasteiger partial charge in [0.1, 0.15) is 12.4 Å². The molecule has 1 aliphatic heterocycles. The highest BCUT2D eigenvalue weighted by atomic mass is 32.2. The van der Waals surface area contributed by atoms with Gasteiger partial charge in [-0.1, -0.05) is 12.1 Å². The highest BCUT2D eigenvalue weighted by Crippen LogP contribution is 2.08. The molecule has 1 N–H and O–H groups in total. The topological polar surface area (TPSA) is 75.7 Å². The monoisotopic (exact) mass is 316 g/mol. The van der Waals surface area contributed by atoms with Crippen LogP contribution in [0.2, 0.25) is 0 Å². The largest absolute Gasteiger partial charge is 0.365 e. The molecule has 1 saturated heterocycles. The van der Waals surface area contributed by atoms with Gasteiger partial charge in [-0.3, -0.25) is 4.79 Å². The number of amides is 1. The Hall–Kier alpha value is -1.51. The Morgan fingerprint density at radius 2 is 2.05 bits per heavy atom. The van der Waals surface area contributed by atoms with Gasteiger partial charge < -0.3 is 9.64 Å². The summed E-state index contributed by atoms with van der Waals surface area (Å²) < 4.78 is 44.3. The van der Waals surface area contributed by atoms with Crippen LogP contribution < -0.4 is 4.72 Å². The van der Waals surface area contributed by atoms with Crippen molar-refractivity contribution >= 4 is 15.9 Å². The standard InChI is InChI=1S/C13H17FN2O4S/c1-16-7-12(20-8-13(16)17)6-15-21(18,19)9-10-2-4-11(14)5-3-10/h2-5,12,15H,6-9H2,1H3. The molecule has 8 heteroatoms. The van der Waals surface area contributed by atoms with E-state index in [0.717, 1.165) is 0 Å².